The highest BCUT2D eigenvalue weighted by molar-refractivity contribution is 6.07. The van der Waals surface area contributed by atoms with Crippen molar-refractivity contribution < 1.29 is 9.21 Å². The third kappa shape index (κ3) is 4.09. The Hall–Kier alpha value is -3.44. The van der Waals surface area contributed by atoms with Crippen LogP contribution in [0.25, 0.3) is 22.4 Å². The van der Waals surface area contributed by atoms with Crippen molar-refractivity contribution in [3.63, 3.8) is 0 Å². The van der Waals surface area contributed by atoms with E-state index in [2.05, 4.69) is 29.2 Å². The van der Waals surface area contributed by atoms with Crippen LogP contribution in [-0.4, -0.2) is 46.9 Å². The molecular weight excluding hydrogens is 386 g/mol. The van der Waals surface area contributed by atoms with E-state index in [-0.39, 0.29) is 5.91 Å². The van der Waals surface area contributed by atoms with Crippen LogP contribution in [0.15, 0.2) is 77.2 Å². The number of piperazine rings is 1. The third-order valence-electron chi connectivity index (χ3n) is 5.85. The number of nitrogens with zero attached hydrogens (tertiary/aromatic N) is 3. The van der Waals surface area contributed by atoms with Crippen molar-refractivity contribution in [2.45, 2.75) is 13.5 Å². The summed E-state index contributed by atoms with van der Waals surface area (Å²) in [5.41, 5.74) is 3.49. The summed E-state index contributed by atoms with van der Waals surface area (Å²) in [5, 5.41) is 0.881. The first-order valence-electron chi connectivity index (χ1n) is 10.7. The standard InChI is InChI=1S/C26H25N3O2/c1-19-11-12-25(31-19)24-17-22(21-9-5-6-10-23(21)27-24)26(30)29-15-13-28(14-16-29)18-20-7-3-2-4-8-20/h2-12,17H,13-16,18H2,1H3. The van der Waals surface area contributed by atoms with Crippen LogP contribution < -0.4 is 0 Å². The molecule has 0 aliphatic carbocycles. The van der Waals surface area contributed by atoms with Gasteiger partial charge in [0.25, 0.3) is 5.91 Å². The van der Waals surface area contributed by atoms with Crippen molar-refractivity contribution in [1.82, 2.24) is 14.8 Å². The second kappa shape index (κ2) is 8.36. The Kier molecular flexibility index (Phi) is 5.26. The molecule has 1 fully saturated rings. The minimum atomic E-state index is 0.0579. The molecule has 0 atom stereocenters. The summed E-state index contributed by atoms with van der Waals surface area (Å²) in [6.45, 7) is 6.01. The van der Waals surface area contributed by atoms with Gasteiger partial charge in [-0.05, 0) is 36.8 Å². The molecule has 31 heavy (non-hydrogen) atoms. The molecule has 0 radical (unpaired) electrons. The van der Waals surface area contributed by atoms with Crippen LogP contribution in [0.5, 0.6) is 0 Å². The Morgan fingerprint density at radius 2 is 1.68 bits per heavy atom. The number of para-hydroxylation sites is 1. The van der Waals surface area contributed by atoms with E-state index in [4.69, 9.17) is 9.40 Å². The van der Waals surface area contributed by atoms with E-state index in [1.165, 1.54) is 5.56 Å². The third-order valence-corrected chi connectivity index (χ3v) is 5.85. The predicted molar refractivity (Wildman–Crippen MR) is 122 cm³/mol. The molecule has 156 valence electrons. The Bertz CT molecular complexity index is 1210. The Morgan fingerprint density at radius 1 is 0.935 bits per heavy atom. The van der Waals surface area contributed by atoms with Gasteiger partial charge in [0.15, 0.2) is 5.76 Å². The summed E-state index contributed by atoms with van der Waals surface area (Å²) in [4.78, 5) is 22.6. The summed E-state index contributed by atoms with van der Waals surface area (Å²) in [5.74, 6) is 1.57. The second-order valence-electron chi connectivity index (χ2n) is 8.04. The van der Waals surface area contributed by atoms with Crippen molar-refractivity contribution in [2.24, 2.45) is 0 Å². The van der Waals surface area contributed by atoms with Gasteiger partial charge < -0.3 is 9.32 Å². The SMILES string of the molecule is Cc1ccc(-c2cc(C(=O)N3CCN(Cc4ccccc4)CC3)c3ccccc3n2)o1. The zero-order valence-electron chi connectivity index (χ0n) is 17.6. The minimum Gasteiger partial charge on any atom is -0.460 e. The van der Waals surface area contributed by atoms with Crippen LogP contribution in [0.1, 0.15) is 21.7 Å². The first kappa shape index (κ1) is 19.5. The first-order chi connectivity index (χ1) is 15.2. The normalized spacial score (nSPS) is 14.8. The maximum atomic E-state index is 13.5. The van der Waals surface area contributed by atoms with E-state index < -0.39 is 0 Å². The lowest BCUT2D eigenvalue weighted by atomic mass is 10.0. The number of benzene rings is 2. The number of fused-ring (bicyclic) bond motifs is 1. The average molecular weight is 412 g/mol. The molecule has 4 aromatic rings. The fourth-order valence-electron chi connectivity index (χ4n) is 4.17. The molecule has 0 N–H and O–H groups in total. The number of amides is 1. The van der Waals surface area contributed by atoms with Gasteiger partial charge in [-0.2, -0.15) is 0 Å². The molecule has 2 aromatic carbocycles. The summed E-state index contributed by atoms with van der Waals surface area (Å²) in [6.07, 6.45) is 0. The fraction of sp³-hybridized carbons (Fsp3) is 0.231. The molecule has 5 rings (SSSR count). The van der Waals surface area contributed by atoms with Crippen molar-refractivity contribution in [3.8, 4) is 11.5 Å². The maximum Gasteiger partial charge on any atom is 0.254 e. The smallest absolute Gasteiger partial charge is 0.254 e. The van der Waals surface area contributed by atoms with Gasteiger partial charge >= 0.3 is 0 Å². The number of aryl methyl sites for hydroxylation is 1. The van der Waals surface area contributed by atoms with Crippen LogP contribution in [0.2, 0.25) is 0 Å². The quantitative estimate of drug-likeness (QED) is 0.486. The lowest BCUT2D eigenvalue weighted by Crippen LogP contribution is -2.48. The molecule has 1 aliphatic rings. The molecule has 2 aromatic heterocycles. The Labute approximate surface area is 181 Å². The van der Waals surface area contributed by atoms with Crippen LogP contribution in [-0.2, 0) is 6.54 Å². The van der Waals surface area contributed by atoms with Gasteiger partial charge in [-0.25, -0.2) is 4.98 Å². The first-order valence-corrected chi connectivity index (χ1v) is 10.7. The number of rotatable bonds is 4. The molecule has 3 heterocycles. The summed E-state index contributed by atoms with van der Waals surface area (Å²) in [7, 11) is 0. The summed E-state index contributed by atoms with van der Waals surface area (Å²) in [6, 6.07) is 24.0. The molecule has 1 aliphatic heterocycles. The van der Waals surface area contributed by atoms with E-state index >= 15 is 0 Å². The monoisotopic (exact) mass is 411 g/mol. The topological polar surface area (TPSA) is 49.6 Å². The Balaban J connectivity index is 1.38. The number of hydrogen-bond acceptors (Lipinski definition) is 4. The zero-order valence-corrected chi connectivity index (χ0v) is 17.6. The van der Waals surface area contributed by atoms with Gasteiger partial charge in [-0.15, -0.1) is 0 Å². The largest absolute Gasteiger partial charge is 0.460 e. The predicted octanol–water partition coefficient (Wildman–Crippen LogP) is 4.76. The molecule has 0 unspecified atom stereocenters. The number of hydrogen-bond donors (Lipinski definition) is 0. The lowest BCUT2D eigenvalue weighted by Gasteiger charge is -2.35. The number of pyridine rings is 1. The van der Waals surface area contributed by atoms with Gasteiger partial charge in [0.05, 0.1) is 11.1 Å². The van der Waals surface area contributed by atoms with E-state index in [1.807, 2.05) is 60.4 Å². The fourth-order valence-corrected chi connectivity index (χ4v) is 4.17. The molecule has 1 amide bonds. The molecule has 1 saturated heterocycles. The number of carbonyl (C=O) groups excluding carboxylic acids is 1. The van der Waals surface area contributed by atoms with Crippen LogP contribution in [0, 0.1) is 6.92 Å². The molecular formula is C26H25N3O2. The highest BCUT2D eigenvalue weighted by Crippen LogP contribution is 2.27. The molecule has 0 saturated carbocycles. The molecule has 0 spiro atoms. The summed E-state index contributed by atoms with van der Waals surface area (Å²) < 4.78 is 5.78. The van der Waals surface area contributed by atoms with Gasteiger partial charge in [-0.1, -0.05) is 48.5 Å². The second-order valence-corrected chi connectivity index (χ2v) is 8.04. The van der Waals surface area contributed by atoms with E-state index in [1.54, 1.807) is 0 Å². The van der Waals surface area contributed by atoms with Gasteiger partial charge in [0, 0.05) is 38.1 Å². The van der Waals surface area contributed by atoms with Crippen LogP contribution in [0.4, 0.5) is 0 Å². The number of carbonyl (C=O) groups is 1. The van der Waals surface area contributed by atoms with E-state index in [0.717, 1.165) is 49.4 Å². The molecule has 0 bridgehead atoms. The zero-order chi connectivity index (χ0) is 21.2. The highest BCUT2D eigenvalue weighted by atomic mass is 16.3. The Morgan fingerprint density at radius 3 is 2.42 bits per heavy atom. The highest BCUT2D eigenvalue weighted by Gasteiger charge is 2.24. The molecule has 5 nitrogen and oxygen atoms in total. The average Bonchev–Trinajstić information content (AvgIpc) is 3.25. The minimum absolute atomic E-state index is 0.0579. The molecule has 5 heteroatoms. The van der Waals surface area contributed by atoms with Crippen molar-refractivity contribution in [3.05, 3.63) is 89.7 Å². The van der Waals surface area contributed by atoms with Gasteiger partial charge in [0.2, 0.25) is 0 Å². The van der Waals surface area contributed by atoms with E-state index in [9.17, 15) is 4.79 Å². The van der Waals surface area contributed by atoms with Crippen molar-refractivity contribution >= 4 is 16.8 Å². The van der Waals surface area contributed by atoms with Crippen molar-refractivity contribution in [1.29, 1.82) is 0 Å². The number of furan rings is 1. The van der Waals surface area contributed by atoms with E-state index in [0.29, 0.717) is 17.0 Å². The number of aromatic nitrogens is 1. The van der Waals surface area contributed by atoms with Crippen LogP contribution >= 0.6 is 0 Å². The maximum absolute atomic E-state index is 13.5. The van der Waals surface area contributed by atoms with Gasteiger partial charge in [0.1, 0.15) is 11.5 Å². The lowest BCUT2D eigenvalue weighted by molar-refractivity contribution is 0.0630. The summed E-state index contributed by atoms with van der Waals surface area (Å²) >= 11 is 0. The van der Waals surface area contributed by atoms with Gasteiger partial charge in [-0.3, -0.25) is 9.69 Å². The van der Waals surface area contributed by atoms with Crippen molar-refractivity contribution in [2.75, 3.05) is 26.2 Å². The van der Waals surface area contributed by atoms with Crippen LogP contribution in [0.3, 0.4) is 0 Å².